The van der Waals surface area contributed by atoms with E-state index in [1.54, 1.807) is 24.5 Å². The van der Waals surface area contributed by atoms with Crippen molar-refractivity contribution in [3.63, 3.8) is 0 Å². The van der Waals surface area contributed by atoms with Crippen molar-refractivity contribution in [2.75, 3.05) is 38.8 Å². The van der Waals surface area contributed by atoms with Crippen molar-refractivity contribution in [2.45, 2.75) is 18.9 Å². The van der Waals surface area contributed by atoms with Gasteiger partial charge >= 0.3 is 0 Å². The Balaban J connectivity index is 1.59. The summed E-state index contributed by atoms with van der Waals surface area (Å²) in [6.07, 6.45) is 5.60. The Morgan fingerprint density at radius 1 is 1.07 bits per heavy atom. The van der Waals surface area contributed by atoms with Gasteiger partial charge in [-0.05, 0) is 30.9 Å². The van der Waals surface area contributed by atoms with Crippen LogP contribution in [-0.2, 0) is 0 Å². The van der Waals surface area contributed by atoms with Gasteiger partial charge in [0, 0.05) is 44.1 Å². The molecule has 1 amide bonds. The molecule has 0 aliphatic carbocycles. The molecule has 0 radical (unpaired) electrons. The number of aromatic nitrogens is 3. The number of amides is 1. The number of rotatable bonds is 4. The molecule has 2 atom stereocenters. The second kappa shape index (κ2) is 7.38. The van der Waals surface area contributed by atoms with Gasteiger partial charge in [0.15, 0.2) is 0 Å². The lowest BCUT2D eigenvalue weighted by Gasteiger charge is -2.36. The van der Waals surface area contributed by atoms with E-state index in [4.69, 9.17) is 9.47 Å². The average Bonchev–Trinajstić information content (AvgIpc) is 3.05. The van der Waals surface area contributed by atoms with Crippen molar-refractivity contribution < 1.29 is 14.3 Å². The van der Waals surface area contributed by atoms with Crippen molar-refractivity contribution in [3.05, 3.63) is 36.2 Å². The lowest BCUT2D eigenvalue weighted by atomic mass is 9.94. The molecule has 2 aromatic rings. The maximum atomic E-state index is 13.3. The van der Waals surface area contributed by atoms with Gasteiger partial charge in [-0.15, -0.1) is 0 Å². The molecule has 5 rings (SSSR count). The Labute approximate surface area is 158 Å². The molecule has 3 fully saturated rings. The van der Waals surface area contributed by atoms with Crippen molar-refractivity contribution in [3.8, 4) is 11.8 Å². The lowest BCUT2D eigenvalue weighted by Crippen LogP contribution is -2.47. The SMILES string of the molecule is COc1ccc(C(=O)N2CC3CCC2CN(c2ncccn2)C3)c(OC)n1. The first-order valence-corrected chi connectivity index (χ1v) is 9.11. The minimum Gasteiger partial charge on any atom is -0.481 e. The summed E-state index contributed by atoms with van der Waals surface area (Å²) in [6, 6.07) is 5.35. The van der Waals surface area contributed by atoms with Gasteiger partial charge in [0.25, 0.3) is 5.91 Å². The van der Waals surface area contributed by atoms with Crippen LogP contribution in [0.2, 0.25) is 0 Å². The molecule has 0 aromatic carbocycles. The Bertz CT molecular complexity index is 816. The molecule has 8 nitrogen and oxygen atoms in total. The Morgan fingerprint density at radius 2 is 1.89 bits per heavy atom. The Morgan fingerprint density at radius 3 is 2.63 bits per heavy atom. The molecule has 0 spiro atoms. The highest BCUT2D eigenvalue weighted by molar-refractivity contribution is 5.96. The number of anilines is 1. The van der Waals surface area contributed by atoms with Gasteiger partial charge in [0.05, 0.1) is 14.2 Å². The van der Waals surface area contributed by atoms with Crippen molar-refractivity contribution in [2.24, 2.45) is 5.92 Å². The minimum absolute atomic E-state index is 0.0486. The fourth-order valence-corrected chi connectivity index (χ4v) is 3.96. The zero-order valence-corrected chi connectivity index (χ0v) is 15.5. The van der Waals surface area contributed by atoms with Gasteiger partial charge in [0.1, 0.15) is 5.56 Å². The molecule has 27 heavy (non-hydrogen) atoms. The number of carbonyl (C=O) groups excluding carboxylic acids is 1. The second-order valence-corrected chi connectivity index (χ2v) is 6.92. The molecule has 142 valence electrons. The Kier molecular flexibility index (Phi) is 4.79. The number of hydrogen-bond donors (Lipinski definition) is 0. The van der Waals surface area contributed by atoms with Gasteiger partial charge in [-0.1, -0.05) is 0 Å². The van der Waals surface area contributed by atoms with E-state index >= 15 is 0 Å². The average molecular weight is 369 g/mol. The van der Waals surface area contributed by atoms with E-state index in [1.807, 2.05) is 11.0 Å². The maximum absolute atomic E-state index is 13.3. The van der Waals surface area contributed by atoms with Crippen LogP contribution in [0.15, 0.2) is 30.6 Å². The molecule has 0 saturated carbocycles. The molecule has 8 heteroatoms. The Hall–Kier alpha value is -2.90. The summed E-state index contributed by atoms with van der Waals surface area (Å²) in [5.74, 6) is 1.80. The molecule has 3 aliphatic heterocycles. The highest BCUT2D eigenvalue weighted by Crippen LogP contribution is 2.32. The minimum atomic E-state index is -0.0486. The molecule has 3 aliphatic rings. The summed E-state index contributed by atoms with van der Waals surface area (Å²) in [6.45, 7) is 2.32. The van der Waals surface area contributed by atoms with E-state index in [2.05, 4.69) is 19.9 Å². The number of ether oxygens (including phenoxy) is 2. The summed E-state index contributed by atoms with van der Waals surface area (Å²) in [7, 11) is 3.05. The van der Waals surface area contributed by atoms with E-state index in [9.17, 15) is 4.79 Å². The van der Waals surface area contributed by atoms with Crippen LogP contribution in [0.4, 0.5) is 5.95 Å². The van der Waals surface area contributed by atoms with Crippen LogP contribution in [0.1, 0.15) is 23.2 Å². The molecule has 2 bridgehead atoms. The summed E-state index contributed by atoms with van der Waals surface area (Å²) in [5.41, 5.74) is 0.466. The van der Waals surface area contributed by atoms with Crippen LogP contribution in [-0.4, -0.2) is 65.7 Å². The highest BCUT2D eigenvalue weighted by Gasteiger charge is 2.39. The van der Waals surface area contributed by atoms with Crippen LogP contribution in [0.25, 0.3) is 0 Å². The second-order valence-electron chi connectivity index (χ2n) is 6.92. The number of pyridine rings is 1. The zero-order chi connectivity index (χ0) is 18.8. The lowest BCUT2D eigenvalue weighted by molar-refractivity contribution is 0.0587. The van der Waals surface area contributed by atoms with E-state index in [1.165, 1.54) is 14.2 Å². The van der Waals surface area contributed by atoms with E-state index < -0.39 is 0 Å². The number of fused-ring (bicyclic) bond motifs is 4. The number of piperidine rings is 1. The van der Waals surface area contributed by atoms with E-state index in [0.717, 1.165) is 38.4 Å². The summed E-state index contributed by atoms with van der Waals surface area (Å²) in [5, 5.41) is 0. The molecule has 5 heterocycles. The molecule has 3 saturated heterocycles. The smallest absolute Gasteiger partial charge is 0.259 e. The first kappa shape index (κ1) is 17.5. The zero-order valence-electron chi connectivity index (χ0n) is 15.5. The summed E-state index contributed by atoms with van der Waals surface area (Å²) in [4.78, 5) is 30.5. The first-order chi connectivity index (χ1) is 13.2. The quantitative estimate of drug-likeness (QED) is 0.810. The van der Waals surface area contributed by atoms with Crippen LogP contribution in [0, 0.1) is 5.92 Å². The fourth-order valence-electron chi connectivity index (χ4n) is 3.96. The van der Waals surface area contributed by atoms with Crippen LogP contribution in [0.5, 0.6) is 11.8 Å². The molecular formula is C19H23N5O3. The predicted octanol–water partition coefficient (Wildman–Crippen LogP) is 1.63. The van der Waals surface area contributed by atoms with E-state index in [-0.39, 0.29) is 11.9 Å². The first-order valence-electron chi connectivity index (χ1n) is 9.11. The normalized spacial score (nSPS) is 21.7. The number of hydrogen-bond acceptors (Lipinski definition) is 7. The maximum Gasteiger partial charge on any atom is 0.259 e. The van der Waals surface area contributed by atoms with Crippen LogP contribution < -0.4 is 14.4 Å². The van der Waals surface area contributed by atoms with Crippen molar-refractivity contribution >= 4 is 11.9 Å². The van der Waals surface area contributed by atoms with Gasteiger partial charge in [0.2, 0.25) is 17.7 Å². The number of methoxy groups -OCH3 is 2. The monoisotopic (exact) mass is 369 g/mol. The predicted molar refractivity (Wildman–Crippen MR) is 99.1 cm³/mol. The third kappa shape index (κ3) is 3.39. The third-order valence-corrected chi connectivity index (χ3v) is 5.28. The van der Waals surface area contributed by atoms with Gasteiger partial charge in [-0.25, -0.2) is 9.97 Å². The van der Waals surface area contributed by atoms with Gasteiger partial charge in [-0.2, -0.15) is 4.98 Å². The van der Waals surface area contributed by atoms with Gasteiger partial charge < -0.3 is 19.3 Å². The fraction of sp³-hybridized carbons (Fsp3) is 0.474. The van der Waals surface area contributed by atoms with E-state index in [0.29, 0.717) is 23.2 Å². The molecule has 2 aromatic heterocycles. The van der Waals surface area contributed by atoms with Crippen LogP contribution in [0.3, 0.4) is 0 Å². The van der Waals surface area contributed by atoms with Crippen molar-refractivity contribution in [1.82, 2.24) is 19.9 Å². The molecular weight excluding hydrogens is 346 g/mol. The highest BCUT2D eigenvalue weighted by atomic mass is 16.5. The topological polar surface area (TPSA) is 80.7 Å². The standard InChI is InChI=1S/C19H23N5O3/c1-26-16-7-6-15(17(22-16)27-2)18(25)24-11-13-4-5-14(24)12-23(10-13)19-20-8-3-9-21-19/h3,6-9,13-14H,4-5,10-12H2,1-2H3. The summed E-state index contributed by atoms with van der Waals surface area (Å²) >= 11 is 0. The summed E-state index contributed by atoms with van der Waals surface area (Å²) < 4.78 is 10.5. The van der Waals surface area contributed by atoms with Gasteiger partial charge in [-0.3, -0.25) is 4.79 Å². The van der Waals surface area contributed by atoms with Crippen LogP contribution >= 0.6 is 0 Å². The number of nitrogens with zero attached hydrogens (tertiary/aromatic N) is 5. The van der Waals surface area contributed by atoms with Crippen molar-refractivity contribution in [1.29, 1.82) is 0 Å². The molecule has 2 unspecified atom stereocenters. The largest absolute Gasteiger partial charge is 0.481 e. The molecule has 0 N–H and O–H groups in total. The third-order valence-electron chi connectivity index (χ3n) is 5.28. The number of carbonyl (C=O) groups is 1.